The first-order valence-corrected chi connectivity index (χ1v) is 14.3. The van der Waals surface area contributed by atoms with Gasteiger partial charge in [0, 0.05) is 48.9 Å². The molecule has 0 saturated heterocycles. The Labute approximate surface area is 265 Å². The number of hydrogen-bond acceptors (Lipinski definition) is 4. The average molecular weight is 581 g/mol. The van der Waals surface area contributed by atoms with Gasteiger partial charge in [-0.2, -0.15) is 0 Å². The summed E-state index contributed by atoms with van der Waals surface area (Å²) >= 11 is 0. The molecule has 0 aliphatic carbocycles. The first-order valence-electron chi connectivity index (χ1n) is 14.3. The SMILES string of the molecule is C=C(C(=O)O)C(CCCCCCCCCC)C(=O)O.C=C(C(=O)O)C(CCCCCCCCCC)C(=O)O.[Ca]. The Morgan fingerprint density at radius 1 is 0.487 bits per heavy atom. The van der Waals surface area contributed by atoms with Crippen LogP contribution in [0.5, 0.6) is 0 Å². The minimum Gasteiger partial charge on any atom is -0.481 e. The largest absolute Gasteiger partial charge is 0.481 e. The van der Waals surface area contributed by atoms with Crippen LogP contribution in [0, 0.1) is 11.8 Å². The first kappa shape index (κ1) is 42.1. The molecule has 0 rings (SSSR count). The molecule has 4 N–H and O–H groups in total. The van der Waals surface area contributed by atoms with Gasteiger partial charge in [0.1, 0.15) is 0 Å². The Kier molecular flexibility index (Phi) is 30.4. The van der Waals surface area contributed by atoms with Crippen molar-refractivity contribution in [2.24, 2.45) is 11.8 Å². The second-order valence-electron chi connectivity index (χ2n) is 9.97. The molecule has 39 heavy (non-hydrogen) atoms. The summed E-state index contributed by atoms with van der Waals surface area (Å²) in [6.07, 6.45) is 18.7. The molecule has 2 unspecified atom stereocenters. The maximum absolute atomic E-state index is 11.0. The van der Waals surface area contributed by atoms with Crippen molar-refractivity contribution < 1.29 is 39.6 Å². The number of hydrogen-bond donors (Lipinski definition) is 4. The van der Waals surface area contributed by atoms with Crippen molar-refractivity contribution in [3.05, 3.63) is 24.3 Å². The van der Waals surface area contributed by atoms with E-state index in [1.807, 2.05) is 0 Å². The van der Waals surface area contributed by atoms with Gasteiger partial charge in [-0.05, 0) is 12.8 Å². The minimum atomic E-state index is -1.22. The van der Waals surface area contributed by atoms with Gasteiger partial charge < -0.3 is 20.4 Å². The number of aliphatic carboxylic acids is 4. The van der Waals surface area contributed by atoms with Gasteiger partial charge in [-0.15, -0.1) is 0 Å². The monoisotopic (exact) mass is 580 g/mol. The molecule has 0 saturated carbocycles. The molecule has 8 nitrogen and oxygen atoms in total. The van der Waals surface area contributed by atoms with Crippen molar-refractivity contribution in [3.63, 3.8) is 0 Å². The van der Waals surface area contributed by atoms with Crippen molar-refractivity contribution >= 4 is 61.6 Å². The Hall–Kier alpha value is -1.38. The third kappa shape index (κ3) is 24.2. The molecule has 2 radical (unpaired) electrons. The Morgan fingerprint density at radius 3 is 0.923 bits per heavy atom. The molecule has 0 bridgehead atoms. The van der Waals surface area contributed by atoms with E-state index < -0.39 is 35.7 Å². The molecule has 0 aliphatic heterocycles. The Bertz CT molecular complexity index is 660. The third-order valence-corrected chi connectivity index (χ3v) is 6.68. The number of carboxylic acids is 4. The molecule has 0 spiro atoms. The summed E-state index contributed by atoms with van der Waals surface area (Å²) in [5.74, 6) is -6.50. The number of unbranched alkanes of at least 4 members (excludes halogenated alkanes) is 14. The van der Waals surface area contributed by atoms with Crippen LogP contribution in [0.1, 0.15) is 129 Å². The Morgan fingerprint density at radius 2 is 0.718 bits per heavy atom. The quantitative estimate of drug-likeness (QED) is 0.0526. The van der Waals surface area contributed by atoms with E-state index >= 15 is 0 Å². The van der Waals surface area contributed by atoms with E-state index in [9.17, 15) is 19.2 Å². The topological polar surface area (TPSA) is 149 Å². The summed E-state index contributed by atoms with van der Waals surface area (Å²) in [5.41, 5.74) is -0.425. The van der Waals surface area contributed by atoms with Crippen LogP contribution >= 0.6 is 0 Å². The van der Waals surface area contributed by atoms with Crippen molar-refractivity contribution in [2.45, 2.75) is 129 Å². The van der Waals surface area contributed by atoms with E-state index in [1.54, 1.807) is 0 Å². The van der Waals surface area contributed by atoms with Crippen LogP contribution in [-0.4, -0.2) is 82.0 Å². The molecule has 0 aromatic carbocycles. The van der Waals surface area contributed by atoms with E-state index in [1.165, 1.54) is 64.2 Å². The standard InChI is InChI=1S/2C15H26O4.Ca/c2*1-3-4-5-6-7-8-9-10-11-13(15(18)19)12(2)14(16)17;/h2*13H,2-11H2,1H3,(H,16,17)(H,18,19);. The van der Waals surface area contributed by atoms with Crippen LogP contribution in [-0.2, 0) is 19.2 Å². The summed E-state index contributed by atoms with van der Waals surface area (Å²) < 4.78 is 0. The zero-order chi connectivity index (χ0) is 29.3. The normalized spacial score (nSPS) is 11.7. The van der Waals surface area contributed by atoms with Crippen LogP contribution in [0.4, 0.5) is 0 Å². The van der Waals surface area contributed by atoms with Gasteiger partial charge in [-0.1, -0.05) is 130 Å². The van der Waals surface area contributed by atoms with Gasteiger partial charge >= 0.3 is 23.9 Å². The van der Waals surface area contributed by atoms with Crippen LogP contribution in [0.3, 0.4) is 0 Å². The van der Waals surface area contributed by atoms with Crippen molar-refractivity contribution in [1.82, 2.24) is 0 Å². The average Bonchev–Trinajstić information content (AvgIpc) is 2.86. The predicted octanol–water partition coefficient (Wildman–Crippen LogP) is 7.34. The third-order valence-electron chi connectivity index (χ3n) is 6.68. The van der Waals surface area contributed by atoms with Gasteiger partial charge in [0.2, 0.25) is 0 Å². The zero-order valence-electron chi connectivity index (χ0n) is 24.4. The number of rotatable bonds is 24. The summed E-state index contributed by atoms with van der Waals surface area (Å²) in [6, 6.07) is 0. The summed E-state index contributed by atoms with van der Waals surface area (Å²) in [5, 5.41) is 35.5. The van der Waals surface area contributed by atoms with E-state index in [4.69, 9.17) is 20.4 Å². The fourth-order valence-corrected chi connectivity index (χ4v) is 4.16. The van der Waals surface area contributed by atoms with Gasteiger partial charge in [0.05, 0.1) is 11.8 Å². The molecule has 0 aromatic rings. The van der Waals surface area contributed by atoms with E-state index in [0.29, 0.717) is 12.8 Å². The molecule has 2 atom stereocenters. The van der Waals surface area contributed by atoms with Crippen LogP contribution < -0.4 is 0 Å². The second-order valence-corrected chi connectivity index (χ2v) is 9.97. The predicted molar refractivity (Wildman–Crippen MR) is 156 cm³/mol. The van der Waals surface area contributed by atoms with Crippen molar-refractivity contribution in [1.29, 1.82) is 0 Å². The summed E-state index contributed by atoms with van der Waals surface area (Å²) in [6.45, 7) is 11.1. The van der Waals surface area contributed by atoms with E-state index in [-0.39, 0.29) is 48.9 Å². The maximum atomic E-state index is 11.0. The zero-order valence-corrected chi connectivity index (χ0v) is 26.6. The molecule has 0 amide bonds. The number of carbonyl (C=O) groups is 4. The Balaban J connectivity index is -0.000000648. The summed E-state index contributed by atoms with van der Waals surface area (Å²) in [4.78, 5) is 43.4. The van der Waals surface area contributed by atoms with E-state index in [0.717, 1.165) is 38.5 Å². The fourth-order valence-electron chi connectivity index (χ4n) is 4.16. The molecule has 9 heteroatoms. The molecular weight excluding hydrogens is 528 g/mol. The molecular formula is C30H52CaO8. The van der Waals surface area contributed by atoms with E-state index in [2.05, 4.69) is 27.0 Å². The van der Waals surface area contributed by atoms with Crippen LogP contribution in [0.25, 0.3) is 0 Å². The van der Waals surface area contributed by atoms with Gasteiger partial charge in [0.15, 0.2) is 0 Å². The van der Waals surface area contributed by atoms with Gasteiger partial charge in [0.25, 0.3) is 0 Å². The number of carboxylic acid groups (broad SMARTS) is 4. The first-order chi connectivity index (χ1) is 18.0. The van der Waals surface area contributed by atoms with Crippen molar-refractivity contribution in [2.75, 3.05) is 0 Å². The molecule has 0 aromatic heterocycles. The fraction of sp³-hybridized carbons (Fsp3) is 0.733. The van der Waals surface area contributed by atoms with Crippen LogP contribution in [0.2, 0.25) is 0 Å². The smallest absolute Gasteiger partial charge is 0.331 e. The van der Waals surface area contributed by atoms with Gasteiger partial charge in [-0.3, -0.25) is 9.59 Å². The second kappa shape index (κ2) is 28.2. The molecule has 0 fully saturated rings. The van der Waals surface area contributed by atoms with Crippen LogP contribution in [0.15, 0.2) is 24.3 Å². The van der Waals surface area contributed by atoms with Crippen molar-refractivity contribution in [3.8, 4) is 0 Å². The summed E-state index contributed by atoms with van der Waals surface area (Å²) in [7, 11) is 0. The minimum absolute atomic E-state index is 0. The van der Waals surface area contributed by atoms with Gasteiger partial charge in [-0.25, -0.2) is 9.59 Å². The molecule has 0 aliphatic rings. The molecule has 222 valence electrons. The maximum Gasteiger partial charge on any atom is 0.331 e. The molecule has 0 heterocycles.